The van der Waals surface area contributed by atoms with Gasteiger partial charge >= 0.3 is 5.97 Å². The summed E-state index contributed by atoms with van der Waals surface area (Å²) < 4.78 is 12.7. The van der Waals surface area contributed by atoms with Crippen molar-refractivity contribution in [3.05, 3.63) is 76.8 Å². The molecule has 0 atom stereocenters. The number of furan rings is 1. The summed E-state index contributed by atoms with van der Waals surface area (Å²) in [5.74, 6) is 0.180. The molecule has 2 aromatic carbocycles. The number of carbonyl (C=O) groups is 1. The highest BCUT2D eigenvalue weighted by Crippen LogP contribution is 2.30. The van der Waals surface area contributed by atoms with Gasteiger partial charge < -0.3 is 9.15 Å². The molecule has 0 saturated carbocycles. The molecule has 0 spiro atoms. The average molecular weight is 388 g/mol. The van der Waals surface area contributed by atoms with E-state index in [1.807, 2.05) is 30.3 Å². The maximum Gasteiger partial charge on any atom is 0.310 e. The Morgan fingerprint density at radius 2 is 1.97 bits per heavy atom. The van der Waals surface area contributed by atoms with E-state index in [1.54, 1.807) is 10.9 Å². The van der Waals surface area contributed by atoms with Crippen molar-refractivity contribution in [2.75, 3.05) is 0 Å². The molecule has 29 heavy (non-hydrogen) atoms. The van der Waals surface area contributed by atoms with Crippen LogP contribution in [0.15, 0.2) is 53.1 Å². The number of hydrogen-bond acceptors (Lipinski definition) is 6. The predicted octanol–water partition coefficient (Wildman–Crippen LogP) is 3.24. The molecule has 1 aliphatic rings. The van der Waals surface area contributed by atoms with Crippen molar-refractivity contribution < 1.29 is 13.9 Å². The van der Waals surface area contributed by atoms with Crippen LogP contribution in [0.1, 0.15) is 34.5 Å². The van der Waals surface area contributed by atoms with Crippen molar-refractivity contribution in [1.82, 2.24) is 20.2 Å². The smallest absolute Gasteiger partial charge is 0.310 e. The summed E-state index contributed by atoms with van der Waals surface area (Å²) in [5, 5.41) is 12.7. The van der Waals surface area contributed by atoms with Crippen LogP contribution in [-0.4, -0.2) is 26.2 Å². The lowest BCUT2D eigenvalue weighted by Gasteiger charge is -2.06. The van der Waals surface area contributed by atoms with Gasteiger partial charge in [-0.15, -0.1) is 5.10 Å². The van der Waals surface area contributed by atoms with E-state index in [1.165, 1.54) is 17.5 Å². The van der Waals surface area contributed by atoms with Crippen LogP contribution < -0.4 is 0 Å². The molecule has 0 bridgehead atoms. The van der Waals surface area contributed by atoms with Gasteiger partial charge in [0.15, 0.2) is 12.4 Å². The Hall–Kier alpha value is -3.48. The summed E-state index contributed by atoms with van der Waals surface area (Å²) in [4.78, 5) is 12.4. The molecular formula is C22H20N4O3. The fourth-order valence-electron chi connectivity index (χ4n) is 3.84. The molecule has 7 nitrogen and oxygen atoms in total. The molecule has 7 heteroatoms. The number of benzene rings is 2. The van der Waals surface area contributed by atoms with Gasteiger partial charge in [0.1, 0.15) is 5.58 Å². The molecule has 1 aliphatic carbocycles. The molecule has 0 unspecified atom stereocenters. The molecule has 146 valence electrons. The van der Waals surface area contributed by atoms with Crippen LogP contribution in [0.2, 0.25) is 0 Å². The molecule has 2 heterocycles. The van der Waals surface area contributed by atoms with Gasteiger partial charge in [-0.3, -0.25) is 4.79 Å². The number of aromatic nitrogens is 4. The third-order valence-electron chi connectivity index (χ3n) is 5.35. The maximum atomic E-state index is 12.4. The molecule has 0 fully saturated rings. The summed E-state index contributed by atoms with van der Waals surface area (Å²) in [6.07, 6.45) is 5.18. The summed E-state index contributed by atoms with van der Waals surface area (Å²) in [6, 6.07) is 14.1. The van der Waals surface area contributed by atoms with E-state index in [0.29, 0.717) is 12.4 Å². The Kier molecular flexibility index (Phi) is 4.56. The molecule has 5 rings (SSSR count). The molecule has 0 N–H and O–H groups in total. The van der Waals surface area contributed by atoms with Gasteiger partial charge in [0.2, 0.25) is 0 Å². The Bertz CT molecular complexity index is 1160. The topological polar surface area (TPSA) is 83.0 Å². The monoisotopic (exact) mass is 388 g/mol. The quantitative estimate of drug-likeness (QED) is 0.472. The van der Waals surface area contributed by atoms with E-state index in [2.05, 4.69) is 27.7 Å². The molecule has 0 amide bonds. The van der Waals surface area contributed by atoms with Crippen LogP contribution in [0, 0.1) is 0 Å². The molecule has 0 saturated heterocycles. The lowest BCUT2D eigenvalue weighted by Crippen LogP contribution is -2.13. The number of nitrogens with zero attached hydrogens (tertiary/aromatic N) is 4. The van der Waals surface area contributed by atoms with Gasteiger partial charge in [-0.1, -0.05) is 30.3 Å². The number of rotatable bonds is 6. The second-order valence-electron chi connectivity index (χ2n) is 7.31. The number of hydrogen-bond donors (Lipinski definition) is 0. The highest BCUT2D eigenvalue weighted by molar-refractivity contribution is 5.87. The van der Waals surface area contributed by atoms with Crippen molar-refractivity contribution in [1.29, 1.82) is 0 Å². The minimum Gasteiger partial charge on any atom is -0.464 e. The second kappa shape index (κ2) is 7.50. The lowest BCUT2D eigenvalue weighted by atomic mass is 10.0. The first kappa shape index (κ1) is 17.6. The van der Waals surface area contributed by atoms with Gasteiger partial charge in [-0.05, 0) is 58.5 Å². The standard InChI is InChI=1S/C22H20N4O3/c27-22(11-18-13-28-20-10-17-8-4-7-16(17)9-19(18)20)29-14-21-23-24-25-26(21)12-15-5-2-1-3-6-15/h1-3,5-6,9-10,13H,4,7-8,11-12,14H2. The first-order valence-electron chi connectivity index (χ1n) is 9.73. The zero-order valence-electron chi connectivity index (χ0n) is 15.9. The van der Waals surface area contributed by atoms with E-state index < -0.39 is 0 Å². The number of carbonyl (C=O) groups excluding carboxylic acids is 1. The SMILES string of the molecule is O=C(Cc1coc2cc3c(cc12)CCC3)OCc1nnnn1Cc1ccccc1. The first-order chi connectivity index (χ1) is 14.3. The van der Waals surface area contributed by atoms with E-state index in [4.69, 9.17) is 9.15 Å². The van der Waals surface area contributed by atoms with E-state index >= 15 is 0 Å². The minimum absolute atomic E-state index is 0.0316. The van der Waals surface area contributed by atoms with Crippen LogP contribution in [0.25, 0.3) is 11.0 Å². The summed E-state index contributed by atoms with van der Waals surface area (Å²) in [5.41, 5.74) is 5.47. The highest BCUT2D eigenvalue weighted by atomic mass is 16.5. The van der Waals surface area contributed by atoms with Gasteiger partial charge in [-0.2, -0.15) is 0 Å². The lowest BCUT2D eigenvalue weighted by molar-refractivity contribution is -0.144. The van der Waals surface area contributed by atoms with Crippen LogP contribution >= 0.6 is 0 Å². The van der Waals surface area contributed by atoms with Crippen LogP contribution in [-0.2, 0) is 41.9 Å². The van der Waals surface area contributed by atoms with E-state index in [9.17, 15) is 4.79 Å². The number of aryl methyl sites for hydroxylation is 2. The Morgan fingerprint density at radius 1 is 1.14 bits per heavy atom. The highest BCUT2D eigenvalue weighted by Gasteiger charge is 2.18. The second-order valence-corrected chi connectivity index (χ2v) is 7.31. The minimum atomic E-state index is -0.331. The van der Waals surface area contributed by atoms with Crippen LogP contribution in [0.4, 0.5) is 0 Å². The van der Waals surface area contributed by atoms with Crippen LogP contribution in [0.5, 0.6) is 0 Å². The molecule has 2 aromatic heterocycles. The van der Waals surface area contributed by atoms with Gasteiger partial charge in [0.05, 0.1) is 19.2 Å². The summed E-state index contributed by atoms with van der Waals surface area (Å²) >= 11 is 0. The van der Waals surface area contributed by atoms with Crippen LogP contribution in [0.3, 0.4) is 0 Å². The first-order valence-corrected chi connectivity index (χ1v) is 9.73. The largest absolute Gasteiger partial charge is 0.464 e. The van der Waals surface area contributed by atoms with Crippen molar-refractivity contribution >= 4 is 16.9 Å². The van der Waals surface area contributed by atoms with E-state index in [-0.39, 0.29) is 19.0 Å². The van der Waals surface area contributed by atoms with Gasteiger partial charge in [-0.25, -0.2) is 4.68 Å². The molecular weight excluding hydrogens is 368 g/mol. The third-order valence-corrected chi connectivity index (χ3v) is 5.35. The molecule has 0 aliphatic heterocycles. The molecule has 0 radical (unpaired) electrons. The maximum absolute atomic E-state index is 12.4. The summed E-state index contributed by atoms with van der Waals surface area (Å²) in [7, 11) is 0. The van der Waals surface area contributed by atoms with Crippen molar-refractivity contribution in [2.24, 2.45) is 0 Å². The fourth-order valence-corrected chi connectivity index (χ4v) is 3.84. The zero-order valence-corrected chi connectivity index (χ0v) is 15.9. The number of ether oxygens (including phenoxy) is 1. The summed E-state index contributed by atoms with van der Waals surface area (Å²) in [6.45, 7) is 0.558. The number of tetrazole rings is 1. The number of esters is 1. The zero-order chi connectivity index (χ0) is 19.6. The Labute approximate surface area is 167 Å². The fraction of sp³-hybridized carbons (Fsp3) is 0.273. The number of fused-ring (bicyclic) bond motifs is 2. The van der Waals surface area contributed by atoms with Gasteiger partial charge in [0.25, 0.3) is 0 Å². The predicted molar refractivity (Wildman–Crippen MR) is 105 cm³/mol. The third kappa shape index (κ3) is 3.63. The van der Waals surface area contributed by atoms with Crippen molar-refractivity contribution in [3.8, 4) is 0 Å². The Balaban J connectivity index is 1.24. The Morgan fingerprint density at radius 3 is 2.83 bits per heavy atom. The normalized spacial score (nSPS) is 13.0. The molecule has 4 aromatic rings. The average Bonchev–Trinajstić information content (AvgIpc) is 3.46. The van der Waals surface area contributed by atoms with E-state index in [0.717, 1.165) is 34.9 Å². The van der Waals surface area contributed by atoms with Crippen molar-refractivity contribution in [3.63, 3.8) is 0 Å². The van der Waals surface area contributed by atoms with Gasteiger partial charge in [0, 0.05) is 10.9 Å². The van der Waals surface area contributed by atoms with Crippen molar-refractivity contribution in [2.45, 2.75) is 38.8 Å².